The van der Waals surface area contributed by atoms with Gasteiger partial charge in [-0.05, 0) is 48.9 Å². The van der Waals surface area contributed by atoms with Crippen LogP contribution < -0.4 is 5.32 Å². The van der Waals surface area contributed by atoms with Gasteiger partial charge in [-0.25, -0.2) is 0 Å². The Kier molecular flexibility index (Phi) is 5.41. The number of carbonyl (C=O) groups is 1. The molecule has 0 spiro atoms. The summed E-state index contributed by atoms with van der Waals surface area (Å²) in [6.07, 6.45) is -4.66. The third kappa shape index (κ3) is 5.01. The molecule has 0 aliphatic carbocycles. The number of rotatable bonds is 4. The first-order chi connectivity index (χ1) is 12.7. The number of anilines is 1. The van der Waals surface area contributed by atoms with E-state index in [-0.39, 0.29) is 18.7 Å². The molecule has 0 saturated heterocycles. The Balaban J connectivity index is 1.62. The zero-order valence-electron chi connectivity index (χ0n) is 14.3. The van der Waals surface area contributed by atoms with E-state index in [0.717, 1.165) is 12.1 Å². The van der Waals surface area contributed by atoms with Gasteiger partial charge in [0, 0.05) is 22.7 Å². The highest BCUT2D eigenvalue weighted by Gasteiger charge is 2.32. The van der Waals surface area contributed by atoms with E-state index < -0.39 is 17.8 Å². The van der Waals surface area contributed by atoms with Gasteiger partial charge in [0.2, 0.25) is 5.91 Å². The minimum absolute atomic E-state index is 0.0353. The zero-order valence-corrected chi connectivity index (χ0v) is 15.1. The fraction of sp³-hybridized carbons (Fsp3) is 0.263. The summed E-state index contributed by atoms with van der Waals surface area (Å²) < 4.78 is 38.9. The Morgan fingerprint density at radius 1 is 1.26 bits per heavy atom. The molecule has 27 heavy (non-hydrogen) atoms. The van der Waals surface area contributed by atoms with Crippen molar-refractivity contribution in [3.63, 3.8) is 0 Å². The summed E-state index contributed by atoms with van der Waals surface area (Å²) in [5.41, 5.74) is 1.09. The molecule has 0 aromatic heterocycles. The minimum Gasteiger partial charge on any atom is -0.391 e. The monoisotopic (exact) mass is 396 g/mol. The summed E-state index contributed by atoms with van der Waals surface area (Å²) in [5, 5.41) is 7.14. The number of nitrogens with zero attached hydrogens (tertiary/aromatic N) is 1. The van der Waals surface area contributed by atoms with Crippen LogP contribution in [-0.2, 0) is 15.8 Å². The average molecular weight is 397 g/mol. The second kappa shape index (κ2) is 7.60. The molecule has 8 heteroatoms. The number of halogens is 4. The molecule has 2 aromatic carbocycles. The summed E-state index contributed by atoms with van der Waals surface area (Å²) >= 11 is 5.79. The van der Waals surface area contributed by atoms with Crippen molar-refractivity contribution < 1.29 is 22.8 Å². The van der Waals surface area contributed by atoms with E-state index >= 15 is 0 Å². The molecule has 0 fully saturated rings. The smallest absolute Gasteiger partial charge is 0.391 e. The molecule has 0 saturated carbocycles. The molecule has 1 amide bonds. The Hall–Kier alpha value is -2.54. The van der Waals surface area contributed by atoms with E-state index in [4.69, 9.17) is 16.4 Å². The first kappa shape index (κ1) is 19.2. The van der Waals surface area contributed by atoms with E-state index in [9.17, 15) is 18.0 Å². The zero-order chi connectivity index (χ0) is 19.6. The average Bonchev–Trinajstić information content (AvgIpc) is 3.04. The first-order valence-electron chi connectivity index (χ1n) is 8.18. The third-order valence-electron chi connectivity index (χ3n) is 4.01. The Labute approximate surface area is 159 Å². The van der Waals surface area contributed by atoms with Crippen molar-refractivity contribution in [2.75, 3.05) is 5.32 Å². The van der Waals surface area contributed by atoms with Crippen LogP contribution in [0, 0.1) is 6.92 Å². The summed E-state index contributed by atoms with van der Waals surface area (Å²) in [5.74, 6) is -0.279. The summed E-state index contributed by atoms with van der Waals surface area (Å²) in [7, 11) is 0. The van der Waals surface area contributed by atoms with Gasteiger partial charge >= 0.3 is 6.18 Å². The highest BCUT2D eigenvalue weighted by atomic mass is 35.5. The van der Waals surface area contributed by atoms with Gasteiger partial charge in [0.1, 0.15) is 6.10 Å². The second-order valence-electron chi connectivity index (χ2n) is 6.31. The summed E-state index contributed by atoms with van der Waals surface area (Å²) in [6, 6.07) is 10.4. The number of hydrogen-bond donors (Lipinski definition) is 1. The highest BCUT2D eigenvalue weighted by Crippen LogP contribution is 2.32. The van der Waals surface area contributed by atoms with E-state index in [1.165, 1.54) is 0 Å². The molecule has 2 aromatic rings. The standard InChI is InChI=1S/C19H16ClF3N2O2/c1-11-6-12(8-13(7-11)19(21,22)23)17-9-16(27-25-17)10-18(26)24-15-4-2-14(20)3-5-15/h2-8,16H,9-10H2,1H3,(H,24,26). The maximum atomic E-state index is 13.0. The molecule has 1 aliphatic heterocycles. The number of carbonyl (C=O) groups excluding carboxylic acids is 1. The van der Waals surface area contributed by atoms with E-state index in [1.54, 1.807) is 37.3 Å². The number of alkyl halides is 3. The minimum atomic E-state index is -4.43. The molecule has 3 rings (SSSR count). The molecule has 4 nitrogen and oxygen atoms in total. The molecule has 142 valence electrons. The molecule has 1 heterocycles. The molecular weight excluding hydrogens is 381 g/mol. The topological polar surface area (TPSA) is 50.7 Å². The van der Waals surface area contributed by atoms with Crippen molar-refractivity contribution >= 4 is 28.9 Å². The maximum absolute atomic E-state index is 13.0. The van der Waals surface area contributed by atoms with Crippen molar-refractivity contribution in [2.45, 2.75) is 32.0 Å². The fourth-order valence-corrected chi connectivity index (χ4v) is 2.90. The van der Waals surface area contributed by atoms with Gasteiger partial charge in [0.25, 0.3) is 0 Å². The van der Waals surface area contributed by atoms with Gasteiger partial charge in [0.15, 0.2) is 0 Å². The molecular formula is C19H16ClF3N2O2. The largest absolute Gasteiger partial charge is 0.416 e. The Morgan fingerprint density at radius 2 is 1.96 bits per heavy atom. The molecule has 1 atom stereocenters. The van der Waals surface area contributed by atoms with Crippen molar-refractivity contribution in [1.82, 2.24) is 0 Å². The number of hydrogen-bond acceptors (Lipinski definition) is 3. The summed E-state index contributed by atoms with van der Waals surface area (Å²) in [4.78, 5) is 17.4. The van der Waals surface area contributed by atoms with Crippen molar-refractivity contribution in [1.29, 1.82) is 0 Å². The van der Waals surface area contributed by atoms with Crippen molar-refractivity contribution in [2.24, 2.45) is 5.16 Å². The molecule has 0 bridgehead atoms. The van der Waals surface area contributed by atoms with Gasteiger partial charge in [-0.3, -0.25) is 4.79 Å². The number of oxime groups is 1. The van der Waals surface area contributed by atoms with E-state index in [1.807, 2.05) is 0 Å². The van der Waals surface area contributed by atoms with Crippen molar-refractivity contribution in [3.05, 3.63) is 64.2 Å². The van der Waals surface area contributed by atoms with Gasteiger partial charge in [-0.15, -0.1) is 0 Å². The molecule has 1 N–H and O–H groups in total. The SMILES string of the molecule is Cc1cc(C2=NOC(CC(=O)Nc3ccc(Cl)cc3)C2)cc(C(F)(F)F)c1. The summed E-state index contributed by atoms with van der Waals surface area (Å²) in [6.45, 7) is 1.59. The Bertz CT molecular complexity index is 880. The highest BCUT2D eigenvalue weighted by molar-refractivity contribution is 6.30. The number of nitrogens with one attached hydrogen (secondary N) is 1. The lowest BCUT2D eigenvalue weighted by atomic mass is 9.99. The quantitative estimate of drug-likeness (QED) is 0.773. The first-order valence-corrected chi connectivity index (χ1v) is 8.56. The van der Waals surface area contributed by atoms with Crippen LogP contribution in [0.2, 0.25) is 5.02 Å². The van der Waals surface area contributed by atoms with Crippen LogP contribution in [0.25, 0.3) is 0 Å². The van der Waals surface area contributed by atoms with Crippen LogP contribution in [0.1, 0.15) is 29.5 Å². The van der Waals surface area contributed by atoms with Crippen LogP contribution in [0.15, 0.2) is 47.6 Å². The van der Waals surface area contributed by atoms with Crippen molar-refractivity contribution in [3.8, 4) is 0 Å². The Morgan fingerprint density at radius 3 is 2.63 bits per heavy atom. The number of benzene rings is 2. The lowest BCUT2D eigenvalue weighted by Gasteiger charge is -2.11. The fourth-order valence-electron chi connectivity index (χ4n) is 2.77. The van der Waals surface area contributed by atoms with E-state index in [2.05, 4.69) is 10.5 Å². The van der Waals surface area contributed by atoms with Gasteiger partial charge in [0.05, 0.1) is 17.7 Å². The van der Waals surface area contributed by atoms with Crippen LogP contribution in [0.5, 0.6) is 0 Å². The molecule has 1 aliphatic rings. The van der Waals surface area contributed by atoms with Gasteiger partial charge in [-0.2, -0.15) is 13.2 Å². The van der Waals surface area contributed by atoms with Gasteiger partial charge in [-0.1, -0.05) is 22.8 Å². The molecule has 0 radical (unpaired) electrons. The second-order valence-corrected chi connectivity index (χ2v) is 6.75. The van der Waals surface area contributed by atoms with Crippen LogP contribution in [0.4, 0.5) is 18.9 Å². The third-order valence-corrected chi connectivity index (χ3v) is 4.26. The maximum Gasteiger partial charge on any atom is 0.416 e. The lowest BCUT2D eigenvalue weighted by molar-refractivity contribution is -0.137. The van der Waals surface area contributed by atoms with Gasteiger partial charge < -0.3 is 10.2 Å². The van der Waals surface area contributed by atoms with Crippen LogP contribution >= 0.6 is 11.6 Å². The predicted octanol–water partition coefficient (Wildman–Crippen LogP) is 5.19. The predicted molar refractivity (Wildman–Crippen MR) is 96.9 cm³/mol. The van der Waals surface area contributed by atoms with Crippen LogP contribution in [0.3, 0.4) is 0 Å². The lowest BCUT2D eigenvalue weighted by Crippen LogP contribution is -2.20. The number of aryl methyl sites for hydroxylation is 1. The molecule has 1 unspecified atom stereocenters. The normalized spacial score (nSPS) is 16.6. The van der Waals surface area contributed by atoms with E-state index in [0.29, 0.717) is 27.5 Å². The van der Waals surface area contributed by atoms with Crippen LogP contribution in [-0.4, -0.2) is 17.7 Å². The number of amides is 1.